The van der Waals surface area contributed by atoms with Crippen LogP contribution in [-0.4, -0.2) is 18.7 Å². The number of carbonyl (C=O) groups is 1. The highest BCUT2D eigenvalue weighted by Crippen LogP contribution is 2.32. The number of rotatable bonds is 4. The number of esters is 1. The quantitative estimate of drug-likeness (QED) is 0.775. The first-order valence-corrected chi connectivity index (χ1v) is 6.15. The van der Waals surface area contributed by atoms with Crippen molar-refractivity contribution in [2.75, 3.05) is 6.61 Å². The molecular weight excluding hydrogens is 240 g/mol. The summed E-state index contributed by atoms with van der Waals surface area (Å²) in [6.45, 7) is 2.26. The van der Waals surface area contributed by atoms with Gasteiger partial charge in [-0.05, 0) is 44.0 Å². The molecule has 1 aromatic rings. The molecule has 0 radical (unpaired) electrons. The second-order valence-electron chi connectivity index (χ2n) is 4.11. The van der Waals surface area contributed by atoms with E-state index in [0.29, 0.717) is 11.6 Å². The molecule has 0 heterocycles. The van der Waals surface area contributed by atoms with Crippen molar-refractivity contribution in [3.05, 3.63) is 29.3 Å². The van der Waals surface area contributed by atoms with Gasteiger partial charge in [0.25, 0.3) is 0 Å². The van der Waals surface area contributed by atoms with Crippen molar-refractivity contribution < 1.29 is 14.3 Å². The molecule has 3 nitrogen and oxygen atoms in total. The Balaban J connectivity index is 1.77. The molecule has 0 atom stereocenters. The van der Waals surface area contributed by atoms with Crippen LogP contribution in [-0.2, 0) is 9.53 Å². The van der Waals surface area contributed by atoms with Gasteiger partial charge in [0, 0.05) is 5.02 Å². The SMILES string of the molecule is CCOC(=O)C1CC(Oc2ccc(Cl)cc2)C1. The van der Waals surface area contributed by atoms with E-state index in [0.717, 1.165) is 18.6 Å². The van der Waals surface area contributed by atoms with E-state index in [1.54, 1.807) is 12.1 Å². The van der Waals surface area contributed by atoms with Gasteiger partial charge >= 0.3 is 5.97 Å². The van der Waals surface area contributed by atoms with Crippen LogP contribution in [0.2, 0.25) is 5.02 Å². The maximum atomic E-state index is 11.4. The lowest BCUT2D eigenvalue weighted by Gasteiger charge is -2.33. The second-order valence-corrected chi connectivity index (χ2v) is 4.55. The average molecular weight is 255 g/mol. The molecule has 0 spiro atoms. The largest absolute Gasteiger partial charge is 0.490 e. The summed E-state index contributed by atoms with van der Waals surface area (Å²) in [5, 5.41) is 0.690. The molecule has 0 bridgehead atoms. The molecule has 1 saturated carbocycles. The molecule has 0 amide bonds. The van der Waals surface area contributed by atoms with Gasteiger partial charge in [-0.1, -0.05) is 11.6 Å². The molecule has 2 rings (SSSR count). The minimum Gasteiger partial charge on any atom is -0.490 e. The van der Waals surface area contributed by atoms with Crippen molar-refractivity contribution in [2.24, 2.45) is 5.92 Å². The summed E-state index contributed by atoms with van der Waals surface area (Å²) in [5.41, 5.74) is 0. The fourth-order valence-corrected chi connectivity index (χ4v) is 1.95. The van der Waals surface area contributed by atoms with Gasteiger partial charge in [0.15, 0.2) is 0 Å². The van der Waals surface area contributed by atoms with Crippen molar-refractivity contribution in [1.82, 2.24) is 0 Å². The van der Waals surface area contributed by atoms with E-state index in [1.165, 1.54) is 0 Å². The second kappa shape index (κ2) is 5.41. The molecule has 1 fully saturated rings. The van der Waals surface area contributed by atoms with Crippen LogP contribution in [0.1, 0.15) is 19.8 Å². The smallest absolute Gasteiger partial charge is 0.309 e. The van der Waals surface area contributed by atoms with Gasteiger partial charge in [-0.2, -0.15) is 0 Å². The Morgan fingerprint density at radius 1 is 1.35 bits per heavy atom. The normalized spacial score (nSPS) is 22.7. The van der Waals surface area contributed by atoms with Gasteiger partial charge in [-0.25, -0.2) is 0 Å². The molecule has 0 aromatic heterocycles. The van der Waals surface area contributed by atoms with Crippen molar-refractivity contribution in [3.8, 4) is 5.75 Å². The number of hydrogen-bond acceptors (Lipinski definition) is 3. The highest BCUT2D eigenvalue weighted by molar-refractivity contribution is 6.30. The zero-order chi connectivity index (χ0) is 12.3. The van der Waals surface area contributed by atoms with E-state index in [4.69, 9.17) is 21.1 Å². The predicted octanol–water partition coefficient (Wildman–Crippen LogP) is 3.06. The van der Waals surface area contributed by atoms with E-state index in [2.05, 4.69) is 0 Å². The molecule has 1 aliphatic carbocycles. The van der Waals surface area contributed by atoms with Crippen molar-refractivity contribution in [2.45, 2.75) is 25.9 Å². The van der Waals surface area contributed by atoms with Gasteiger partial charge in [0.2, 0.25) is 0 Å². The topological polar surface area (TPSA) is 35.5 Å². The summed E-state index contributed by atoms with van der Waals surface area (Å²) in [5.74, 6) is 0.692. The lowest BCUT2D eigenvalue weighted by molar-refractivity contribution is -0.154. The molecule has 0 N–H and O–H groups in total. The number of ether oxygens (including phenoxy) is 2. The minimum absolute atomic E-state index is 0.00671. The molecule has 17 heavy (non-hydrogen) atoms. The Morgan fingerprint density at radius 2 is 2.00 bits per heavy atom. The summed E-state index contributed by atoms with van der Waals surface area (Å²) in [6, 6.07) is 7.25. The molecule has 0 aliphatic heterocycles. The first-order chi connectivity index (χ1) is 8.19. The van der Waals surface area contributed by atoms with Crippen LogP contribution < -0.4 is 4.74 Å². The van der Waals surface area contributed by atoms with Crippen LogP contribution in [0.4, 0.5) is 0 Å². The Bertz CT molecular complexity index is 382. The molecular formula is C13H15ClO3. The van der Waals surface area contributed by atoms with Gasteiger partial charge in [0.05, 0.1) is 12.5 Å². The number of halogens is 1. The van der Waals surface area contributed by atoms with Gasteiger partial charge in [-0.3, -0.25) is 4.79 Å². The monoisotopic (exact) mass is 254 g/mol. The van der Waals surface area contributed by atoms with Crippen LogP contribution in [0.25, 0.3) is 0 Å². The Morgan fingerprint density at radius 3 is 2.59 bits per heavy atom. The molecule has 1 aliphatic rings. The van der Waals surface area contributed by atoms with Crippen molar-refractivity contribution >= 4 is 17.6 Å². The van der Waals surface area contributed by atoms with Crippen LogP contribution in [0, 0.1) is 5.92 Å². The fraction of sp³-hybridized carbons (Fsp3) is 0.462. The first kappa shape index (κ1) is 12.2. The maximum Gasteiger partial charge on any atom is 0.309 e. The third-order valence-electron chi connectivity index (χ3n) is 2.83. The van der Waals surface area contributed by atoms with Crippen molar-refractivity contribution in [1.29, 1.82) is 0 Å². The summed E-state index contributed by atoms with van der Waals surface area (Å²) < 4.78 is 10.6. The number of benzene rings is 1. The van der Waals surface area contributed by atoms with Crippen LogP contribution in [0.3, 0.4) is 0 Å². The van der Waals surface area contributed by atoms with Crippen LogP contribution in [0.5, 0.6) is 5.75 Å². The standard InChI is InChI=1S/C13H15ClO3/c1-2-16-13(15)9-7-12(8-9)17-11-5-3-10(14)4-6-11/h3-6,9,12H,2,7-8H2,1H3. The van der Waals surface area contributed by atoms with E-state index in [1.807, 2.05) is 19.1 Å². The lowest BCUT2D eigenvalue weighted by Crippen LogP contribution is -2.39. The third-order valence-corrected chi connectivity index (χ3v) is 3.08. The van der Waals surface area contributed by atoms with E-state index >= 15 is 0 Å². The van der Waals surface area contributed by atoms with E-state index in [-0.39, 0.29) is 18.0 Å². The number of carbonyl (C=O) groups excluding carboxylic acids is 1. The Labute approximate surface area is 106 Å². The van der Waals surface area contributed by atoms with Gasteiger partial charge in [-0.15, -0.1) is 0 Å². The predicted molar refractivity (Wildman–Crippen MR) is 65.2 cm³/mol. The maximum absolute atomic E-state index is 11.4. The minimum atomic E-state index is -0.108. The molecule has 0 saturated heterocycles. The molecule has 1 aromatic carbocycles. The van der Waals surface area contributed by atoms with Crippen LogP contribution >= 0.6 is 11.6 Å². The zero-order valence-electron chi connectivity index (χ0n) is 9.69. The van der Waals surface area contributed by atoms with E-state index in [9.17, 15) is 4.79 Å². The summed E-state index contributed by atoms with van der Waals surface area (Å²) in [7, 11) is 0. The van der Waals surface area contributed by atoms with Gasteiger partial charge in [0.1, 0.15) is 11.9 Å². The van der Waals surface area contributed by atoms with Crippen LogP contribution in [0.15, 0.2) is 24.3 Å². The highest BCUT2D eigenvalue weighted by Gasteiger charge is 2.37. The highest BCUT2D eigenvalue weighted by atomic mass is 35.5. The summed E-state index contributed by atoms with van der Waals surface area (Å²) in [6.07, 6.45) is 1.59. The fourth-order valence-electron chi connectivity index (χ4n) is 1.82. The number of hydrogen-bond donors (Lipinski definition) is 0. The van der Waals surface area contributed by atoms with Crippen molar-refractivity contribution in [3.63, 3.8) is 0 Å². The average Bonchev–Trinajstić information content (AvgIpc) is 2.25. The molecule has 4 heteroatoms. The first-order valence-electron chi connectivity index (χ1n) is 5.78. The summed E-state index contributed by atoms with van der Waals surface area (Å²) in [4.78, 5) is 11.4. The molecule has 0 unspecified atom stereocenters. The van der Waals surface area contributed by atoms with E-state index < -0.39 is 0 Å². The Hall–Kier alpha value is -1.22. The molecule has 92 valence electrons. The zero-order valence-corrected chi connectivity index (χ0v) is 10.4. The van der Waals surface area contributed by atoms with Gasteiger partial charge < -0.3 is 9.47 Å². The summed E-state index contributed by atoms with van der Waals surface area (Å²) >= 11 is 5.78. The lowest BCUT2D eigenvalue weighted by atomic mass is 9.82. The third kappa shape index (κ3) is 3.13. The Kier molecular flexibility index (Phi) is 3.89.